The Kier molecular flexibility index (Phi) is 3.92. The summed E-state index contributed by atoms with van der Waals surface area (Å²) in [5, 5.41) is 0. The minimum Gasteiger partial charge on any atom is -0.489 e. The van der Waals surface area contributed by atoms with Crippen LogP contribution >= 0.6 is 0 Å². The van der Waals surface area contributed by atoms with Crippen molar-refractivity contribution in [2.24, 2.45) is 0 Å². The van der Waals surface area contributed by atoms with E-state index in [4.69, 9.17) is 10.5 Å². The molecule has 0 saturated carbocycles. The number of carbonyl (C=O) groups is 1. The van der Waals surface area contributed by atoms with Gasteiger partial charge in [-0.2, -0.15) is 0 Å². The molecule has 0 aromatic heterocycles. The lowest BCUT2D eigenvalue weighted by Crippen LogP contribution is -2.34. The number of nitrogens with zero attached hydrogens (tertiary/aromatic N) is 1. The number of hydrogen-bond donors (Lipinski definition) is 1. The van der Waals surface area contributed by atoms with E-state index in [-0.39, 0.29) is 5.97 Å². The molecule has 1 aliphatic heterocycles. The molecule has 0 unspecified atom stereocenters. The average molecular weight is 250 g/mol. The predicted molar refractivity (Wildman–Crippen MR) is 69.8 cm³/mol. The summed E-state index contributed by atoms with van der Waals surface area (Å²) >= 11 is 0. The van der Waals surface area contributed by atoms with E-state index in [1.807, 2.05) is 18.2 Å². The number of carbonyl (C=O) groups excluding carboxylic acids is 1. The lowest BCUT2D eigenvalue weighted by Gasteiger charge is -2.32. The fourth-order valence-corrected chi connectivity index (χ4v) is 2.11. The number of methoxy groups -OCH3 is 1. The highest BCUT2D eigenvalue weighted by molar-refractivity contribution is 5.75. The van der Waals surface area contributed by atoms with Crippen molar-refractivity contribution in [3.8, 4) is 5.75 Å². The van der Waals surface area contributed by atoms with E-state index in [0.29, 0.717) is 18.7 Å². The van der Waals surface area contributed by atoms with Gasteiger partial charge in [0.15, 0.2) is 0 Å². The highest BCUT2D eigenvalue weighted by atomic mass is 16.5. The van der Waals surface area contributed by atoms with Crippen LogP contribution in [0.2, 0.25) is 0 Å². The van der Waals surface area contributed by atoms with Crippen LogP contribution in [0.15, 0.2) is 18.2 Å². The summed E-state index contributed by atoms with van der Waals surface area (Å²) in [6.07, 6.45) is 1.18. The van der Waals surface area contributed by atoms with Gasteiger partial charge in [-0.15, -0.1) is 0 Å². The van der Waals surface area contributed by atoms with Gasteiger partial charge >= 0.3 is 5.97 Å². The monoisotopic (exact) mass is 250 g/mol. The van der Waals surface area contributed by atoms with Gasteiger partial charge in [0.1, 0.15) is 18.0 Å². The van der Waals surface area contributed by atoms with Crippen molar-refractivity contribution in [1.82, 2.24) is 0 Å². The van der Waals surface area contributed by atoms with Gasteiger partial charge < -0.3 is 20.1 Å². The lowest BCUT2D eigenvalue weighted by molar-refractivity contribution is -0.140. The molecule has 2 rings (SSSR count). The third-order valence-corrected chi connectivity index (χ3v) is 3.00. The summed E-state index contributed by atoms with van der Waals surface area (Å²) in [7, 11) is 1.41. The third-order valence-electron chi connectivity index (χ3n) is 3.00. The number of para-hydroxylation sites is 1. The van der Waals surface area contributed by atoms with Gasteiger partial charge in [0.25, 0.3) is 0 Å². The number of benzene rings is 1. The second-order valence-corrected chi connectivity index (χ2v) is 4.21. The Labute approximate surface area is 106 Å². The van der Waals surface area contributed by atoms with E-state index in [1.165, 1.54) is 7.11 Å². The number of fused-ring (bicyclic) bond motifs is 1. The molecule has 1 heterocycles. The minimum atomic E-state index is -0.176. The van der Waals surface area contributed by atoms with Crippen LogP contribution in [0, 0.1) is 0 Å². The fraction of sp³-hybridized carbons (Fsp3) is 0.462. The zero-order chi connectivity index (χ0) is 13.0. The highest BCUT2D eigenvalue weighted by Gasteiger charge is 2.20. The summed E-state index contributed by atoms with van der Waals surface area (Å²) in [5.74, 6) is 0.642. The van der Waals surface area contributed by atoms with Gasteiger partial charge in [0, 0.05) is 13.0 Å². The Morgan fingerprint density at radius 2 is 2.39 bits per heavy atom. The maximum Gasteiger partial charge on any atom is 0.305 e. The molecule has 0 spiro atoms. The minimum absolute atomic E-state index is 0.176. The van der Waals surface area contributed by atoms with Crippen LogP contribution in [0.25, 0.3) is 0 Å². The van der Waals surface area contributed by atoms with E-state index in [1.54, 1.807) is 0 Å². The second-order valence-electron chi connectivity index (χ2n) is 4.21. The molecular formula is C13H18N2O3. The number of hydrogen-bond acceptors (Lipinski definition) is 5. The molecule has 0 radical (unpaired) electrons. The van der Waals surface area contributed by atoms with Crippen LogP contribution < -0.4 is 15.4 Å². The van der Waals surface area contributed by atoms with Crippen molar-refractivity contribution in [2.45, 2.75) is 12.8 Å². The molecule has 0 atom stereocenters. The normalized spacial score (nSPS) is 13.7. The van der Waals surface area contributed by atoms with Crippen LogP contribution in [-0.2, 0) is 9.53 Å². The van der Waals surface area contributed by atoms with Gasteiger partial charge in [0.2, 0.25) is 0 Å². The average Bonchev–Trinajstić information content (AvgIpc) is 2.39. The first-order valence-corrected chi connectivity index (χ1v) is 6.05. The fourth-order valence-electron chi connectivity index (χ4n) is 2.11. The van der Waals surface area contributed by atoms with Crippen LogP contribution in [0.1, 0.15) is 12.8 Å². The number of ether oxygens (including phenoxy) is 2. The molecule has 0 bridgehead atoms. The third kappa shape index (κ3) is 2.67. The zero-order valence-electron chi connectivity index (χ0n) is 10.5. The van der Waals surface area contributed by atoms with Crippen LogP contribution in [0.4, 0.5) is 11.4 Å². The number of rotatable bonds is 4. The van der Waals surface area contributed by atoms with Crippen molar-refractivity contribution < 1.29 is 14.3 Å². The molecular weight excluding hydrogens is 232 g/mol. The van der Waals surface area contributed by atoms with Crippen molar-refractivity contribution in [2.75, 3.05) is 37.4 Å². The van der Waals surface area contributed by atoms with E-state index < -0.39 is 0 Å². The molecule has 0 aliphatic carbocycles. The Morgan fingerprint density at radius 1 is 1.56 bits per heavy atom. The Balaban J connectivity index is 2.01. The van der Waals surface area contributed by atoms with Gasteiger partial charge in [-0.05, 0) is 18.6 Å². The maximum atomic E-state index is 11.1. The standard InChI is InChI=1S/C13H18N2O3/c1-17-12(16)6-3-7-15-8-9-18-11-5-2-4-10(14)13(11)15/h2,4-5H,3,6-9,14H2,1H3. The molecule has 0 saturated heterocycles. The molecule has 1 aromatic rings. The largest absolute Gasteiger partial charge is 0.489 e. The first-order valence-electron chi connectivity index (χ1n) is 6.05. The second kappa shape index (κ2) is 5.62. The Bertz CT molecular complexity index is 434. The Morgan fingerprint density at radius 3 is 3.17 bits per heavy atom. The molecule has 1 aliphatic rings. The highest BCUT2D eigenvalue weighted by Crippen LogP contribution is 2.36. The van der Waals surface area contributed by atoms with Crippen molar-refractivity contribution in [3.63, 3.8) is 0 Å². The van der Waals surface area contributed by atoms with E-state index >= 15 is 0 Å². The van der Waals surface area contributed by atoms with Crippen molar-refractivity contribution in [1.29, 1.82) is 0 Å². The summed E-state index contributed by atoms with van der Waals surface area (Å²) in [4.78, 5) is 13.2. The lowest BCUT2D eigenvalue weighted by atomic mass is 10.2. The number of nitrogens with two attached hydrogens (primary N) is 1. The van der Waals surface area contributed by atoms with Crippen LogP contribution in [-0.4, -0.2) is 32.8 Å². The van der Waals surface area contributed by atoms with E-state index in [9.17, 15) is 4.79 Å². The van der Waals surface area contributed by atoms with Gasteiger partial charge in [-0.1, -0.05) is 6.07 Å². The molecule has 5 nitrogen and oxygen atoms in total. The molecule has 5 heteroatoms. The van der Waals surface area contributed by atoms with E-state index in [2.05, 4.69) is 9.64 Å². The molecule has 18 heavy (non-hydrogen) atoms. The molecule has 1 aromatic carbocycles. The summed E-state index contributed by atoms with van der Waals surface area (Å²) in [6.45, 7) is 2.22. The van der Waals surface area contributed by atoms with Crippen LogP contribution in [0.5, 0.6) is 5.75 Å². The van der Waals surface area contributed by atoms with Crippen molar-refractivity contribution >= 4 is 17.3 Å². The molecule has 0 fully saturated rings. The number of nitrogen functional groups attached to an aromatic ring is 1. The van der Waals surface area contributed by atoms with Gasteiger partial charge in [-0.25, -0.2) is 0 Å². The van der Waals surface area contributed by atoms with Gasteiger partial charge in [-0.3, -0.25) is 4.79 Å². The number of esters is 1. The molecule has 0 amide bonds. The summed E-state index contributed by atoms with van der Waals surface area (Å²) < 4.78 is 10.2. The SMILES string of the molecule is COC(=O)CCCN1CCOc2cccc(N)c21. The summed E-state index contributed by atoms with van der Waals surface area (Å²) in [5.41, 5.74) is 7.63. The molecule has 2 N–H and O–H groups in total. The molecule has 98 valence electrons. The maximum absolute atomic E-state index is 11.1. The first kappa shape index (κ1) is 12.5. The zero-order valence-corrected chi connectivity index (χ0v) is 10.5. The Hall–Kier alpha value is -1.91. The quantitative estimate of drug-likeness (QED) is 0.646. The van der Waals surface area contributed by atoms with E-state index in [0.717, 1.165) is 30.9 Å². The van der Waals surface area contributed by atoms with Crippen LogP contribution in [0.3, 0.4) is 0 Å². The van der Waals surface area contributed by atoms with Crippen molar-refractivity contribution in [3.05, 3.63) is 18.2 Å². The van der Waals surface area contributed by atoms with Gasteiger partial charge in [0.05, 0.1) is 19.3 Å². The topological polar surface area (TPSA) is 64.8 Å². The predicted octanol–water partition coefficient (Wildman–Crippen LogP) is 1.42. The number of anilines is 2. The smallest absolute Gasteiger partial charge is 0.305 e. The summed E-state index contributed by atoms with van der Waals surface area (Å²) in [6, 6.07) is 5.66. The first-order chi connectivity index (χ1) is 8.72.